The predicted molar refractivity (Wildman–Crippen MR) is 83.1 cm³/mol. The first-order valence-electron chi connectivity index (χ1n) is 7.70. The van der Waals surface area contributed by atoms with E-state index in [4.69, 9.17) is 5.11 Å². The van der Waals surface area contributed by atoms with E-state index in [-0.39, 0.29) is 24.5 Å². The molecule has 0 unspecified atom stereocenters. The summed E-state index contributed by atoms with van der Waals surface area (Å²) in [5.41, 5.74) is 1.41. The number of carboxylic acids is 1. The van der Waals surface area contributed by atoms with Gasteiger partial charge in [-0.05, 0) is 50.1 Å². The molecule has 0 aromatic carbocycles. The highest BCUT2D eigenvalue weighted by molar-refractivity contribution is 7.03. The van der Waals surface area contributed by atoms with Crippen molar-refractivity contribution < 1.29 is 14.7 Å². The summed E-state index contributed by atoms with van der Waals surface area (Å²) in [6, 6.07) is 0.427. The van der Waals surface area contributed by atoms with E-state index in [0.29, 0.717) is 11.5 Å². The second-order valence-electron chi connectivity index (χ2n) is 6.38. The van der Waals surface area contributed by atoms with Gasteiger partial charge < -0.3 is 10.4 Å². The number of hydrogen-bond acceptors (Lipinski definition) is 5. The van der Waals surface area contributed by atoms with Crippen LogP contribution >= 0.6 is 11.5 Å². The number of rotatable bonds is 7. The Morgan fingerprint density at radius 3 is 2.73 bits per heavy atom. The normalized spacial score (nSPS) is 24.1. The molecule has 0 atom stereocenters. The van der Waals surface area contributed by atoms with E-state index in [1.54, 1.807) is 5.38 Å². The lowest BCUT2D eigenvalue weighted by Gasteiger charge is -2.42. The lowest BCUT2D eigenvalue weighted by atomic mass is 9.85. The van der Waals surface area contributed by atoms with Crippen molar-refractivity contribution in [1.82, 2.24) is 14.6 Å². The zero-order valence-electron chi connectivity index (χ0n) is 12.6. The largest absolute Gasteiger partial charge is 0.480 e. The van der Waals surface area contributed by atoms with E-state index in [9.17, 15) is 9.59 Å². The molecule has 6 nitrogen and oxygen atoms in total. The van der Waals surface area contributed by atoms with Crippen molar-refractivity contribution in [3.8, 4) is 0 Å². The number of aromatic nitrogens is 1. The Morgan fingerprint density at radius 2 is 2.18 bits per heavy atom. The van der Waals surface area contributed by atoms with Crippen LogP contribution in [0.1, 0.15) is 41.7 Å². The molecular weight excluding hydrogens is 302 g/mol. The summed E-state index contributed by atoms with van der Waals surface area (Å²) in [5.74, 6) is -0.165. The first-order chi connectivity index (χ1) is 10.5. The van der Waals surface area contributed by atoms with Gasteiger partial charge in [-0.25, -0.2) is 0 Å². The molecule has 0 spiro atoms. The fourth-order valence-corrected chi connectivity index (χ4v) is 3.62. The van der Waals surface area contributed by atoms with Gasteiger partial charge in [0, 0.05) is 24.0 Å². The van der Waals surface area contributed by atoms with Crippen molar-refractivity contribution in [2.75, 3.05) is 13.1 Å². The number of nitrogens with one attached hydrogen (secondary N) is 1. The average molecular weight is 323 g/mol. The first kappa shape index (κ1) is 15.4. The van der Waals surface area contributed by atoms with Crippen molar-refractivity contribution in [2.24, 2.45) is 5.92 Å². The van der Waals surface area contributed by atoms with Crippen LogP contribution in [0.5, 0.6) is 0 Å². The van der Waals surface area contributed by atoms with E-state index in [1.165, 1.54) is 24.4 Å². The van der Waals surface area contributed by atoms with E-state index in [1.807, 2.05) is 6.92 Å². The predicted octanol–water partition coefficient (Wildman–Crippen LogP) is 1.51. The molecule has 2 fully saturated rings. The summed E-state index contributed by atoms with van der Waals surface area (Å²) >= 11 is 1.29. The lowest BCUT2D eigenvalue weighted by molar-refractivity contribution is -0.139. The molecule has 0 radical (unpaired) electrons. The standard InChI is InChI=1S/C15H21N3O3S/c1-9-13(8-22-17-9)15(21)16-11-4-12(5-11)18(7-14(19)20)6-10-2-3-10/h8,10-12H,2-7H2,1H3,(H,16,21)(H,19,20). The summed E-state index contributed by atoms with van der Waals surface area (Å²) in [4.78, 5) is 25.2. The minimum absolute atomic E-state index is 0.0679. The van der Waals surface area contributed by atoms with E-state index >= 15 is 0 Å². The van der Waals surface area contributed by atoms with Crippen LogP contribution in [0, 0.1) is 12.8 Å². The molecule has 22 heavy (non-hydrogen) atoms. The van der Waals surface area contributed by atoms with Gasteiger partial charge in [-0.15, -0.1) is 0 Å². The Kier molecular flexibility index (Phi) is 4.44. The van der Waals surface area contributed by atoms with Crippen LogP contribution in [0.2, 0.25) is 0 Å². The summed E-state index contributed by atoms with van der Waals surface area (Å²) in [6.45, 7) is 2.82. The van der Waals surface area contributed by atoms with Gasteiger partial charge in [0.1, 0.15) is 0 Å². The molecule has 3 rings (SSSR count). The second kappa shape index (κ2) is 6.34. The highest BCUT2D eigenvalue weighted by atomic mass is 32.1. The van der Waals surface area contributed by atoms with Crippen molar-refractivity contribution in [3.63, 3.8) is 0 Å². The number of carbonyl (C=O) groups is 2. The number of aliphatic carboxylic acids is 1. The third-order valence-corrected chi connectivity index (χ3v) is 5.21. The molecule has 7 heteroatoms. The minimum atomic E-state index is -0.770. The molecule has 2 aliphatic rings. The molecule has 120 valence electrons. The minimum Gasteiger partial charge on any atom is -0.480 e. The molecule has 1 aromatic rings. The van der Waals surface area contributed by atoms with Crippen LogP contribution in [0.25, 0.3) is 0 Å². The SMILES string of the molecule is Cc1nscc1C(=O)NC1CC(N(CC(=O)O)CC2CC2)C1. The van der Waals surface area contributed by atoms with E-state index < -0.39 is 5.97 Å². The molecule has 1 aromatic heterocycles. The Morgan fingerprint density at radius 1 is 1.45 bits per heavy atom. The summed E-state index contributed by atoms with van der Waals surface area (Å²) in [7, 11) is 0. The highest BCUT2D eigenvalue weighted by Crippen LogP contribution is 2.33. The van der Waals surface area contributed by atoms with E-state index in [2.05, 4.69) is 14.6 Å². The third kappa shape index (κ3) is 3.64. The van der Waals surface area contributed by atoms with Gasteiger partial charge in [-0.2, -0.15) is 4.37 Å². The fourth-order valence-electron chi connectivity index (χ4n) is 2.93. The molecule has 1 amide bonds. The number of carboxylic acid groups (broad SMARTS) is 1. The molecule has 2 aliphatic carbocycles. The maximum atomic E-state index is 12.1. The summed E-state index contributed by atoms with van der Waals surface area (Å²) in [5, 5.41) is 13.8. The summed E-state index contributed by atoms with van der Waals surface area (Å²) in [6.07, 6.45) is 4.10. The van der Waals surface area contributed by atoms with Crippen LogP contribution in [0.15, 0.2) is 5.38 Å². The van der Waals surface area contributed by atoms with Crippen molar-refractivity contribution >= 4 is 23.4 Å². The summed E-state index contributed by atoms with van der Waals surface area (Å²) < 4.78 is 4.11. The van der Waals surface area contributed by atoms with Gasteiger partial charge in [0.25, 0.3) is 5.91 Å². The van der Waals surface area contributed by atoms with Gasteiger partial charge in [-0.3, -0.25) is 14.5 Å². The quantitative estimate of drug-likeness (QED) is 0.795. The molecule has 1 heterocycles. The van der Waals surface area contributed by atoms with Crippen molar-refractivity contribution in [2.45, 2.75) is 44.7 Å². The Hall–Kier alpha value is -1.47. The van der Waals surface area contributed by atoms with Crippen LogP contribution in [-0.4, -0.2) is 51.4 Å². The van der Waals surface area contributed by atoms with Crippen LogP contribution in [0.3, 0.4) is 0 Å². The highest BCUT2D eigenvalue weighted by Gasteiger charge is 2.37. The fraction of sp³-hybridized carbons (Fsp3) is 0.667. The van der Waals surface area contributed by atoms with Crippen LogP contribution in [0.4, 0.5) is 0 Å². The van der Waals surface area contributed by atoms with Gasteiger partial charge >= 0.3 is 5.97 Å². The van der Waals surface area contributed by atoms with Crippen LogP contribution in [-0.2, 0) is 4.79 Å². The van der Waals surface area contributed by atoms with Crippen molar-refractivity contribution in [1.29, 1.82) is 0 Å². The number of aryl methyl sites for hydroxylation is 1. The molecule has 2 saturated carbocycles. The molecule has 0 saturated heterocycles. The average Bonchev–Trinajstić information content (AvgIpc) is 3.11. The first-order valence-corrected chi connectivity index (χ1v) is 8.54. The van der Waals surface area contributed by atoms with Gasteiger partial charge in [0.15, 0.2) is 0 Å². The Balaban J connectivity index is 1.48. The molecule has 0 bridgehead atoms. The monoisotopic (exact) mass is 323 g/mol. The maximum absolute atomic E-state index is 12.1. The number of nitrogens with zero attached hydrogens (tertiary/aromatic N) is 2. The molecule has 2 N–H and O–H groups in total. The topological polar surface area (TPSA) is 82.5 Å². The molecular formula is C15H21N3O3S. The number of hydrogen-bond donors (Lipinski definition) is 2. The zero-order chi connectivity index (χ0) is 15.7. The van der Waals surface area contributed by atoms with Gasteiger partial charge in [0.2, 0.25) is 0 Å². The van der Waals surface area contributed by atoms with Crippen molar-refractivity contribution in [3.05, 3.63) is 16.6 Å². The third-order valence-electron chi connectivity index (χ3n) is 4.49. The second-order valence-corrected chi connectivity index (χ2v) is 7.00. The molecule has 0 aliphatic heterocycles. The van der Waals surface area contributed by atoms with E-state index in [0.717, 1.165) is 25.1 Å². The number of carbonyl (C=O) groups excluding carboxylic acids is 1. The zero-order valence-corrected chi connectivity index (χ0v) is 13.4. The van der Waals surface area contributed by atoms with Gasteiger partial charge in [0.05, 0.1) is 17.8 Å². The maximum Gasteiger partial charge on any atom is 0.317 e. The number of amides is 1. The lowest BCUT2D eigenvalue weighted by Crippen LogP contribution is -2.55. The van der Waals surface area contributed by atoms with Crippen LogP contribution < -0.4 is 5.32 Å². The Bertz CT molecular complexity index is 564. The van der Waals surface area contributed by atoms with Gasteiger partial charge in [-0.1, -0.05) is 0 Å². The smallest absolute Gasteiger partial charge is 0.317 e. The Labute approximate surface area is 133 Å².